The van der Waals surface area contributed by atoms with E-state index in [-0.39, 0.29) is 23.3 Å². The molecule has 1 saturated heterocycles. The third kappa shape index (κ3) is 5.92. The molecule has 2 aliphatic rings. The number of aryl methyl sites for hydroxylation is 1. The molecule has 1 saturated carbocycles. The van der Waals surface area contributed by atoms with Crippen molar-refractivity contribution < 1.29 is 9.53 Å². The molecule has 40 heavy (non-hydrogen) atoms. The van der Waals surface area contributed by atoms with Crippen LogP contribution in [0.1, 0.15) is 51.3 Å². The van der Waals surface area contributed by atoms with Gasteiger partial charge in [0.25, 0.3) is 0 Å². The van der Waals surface area contributed by atoms with Gasteiger partial charge < -0.3 is 20.7 Å². The minimum absolute atomic E-state index is 0.0356. The average molecular weight is 539 g/mol. The van der Waals surface area contributed by atoms with Gasteiger partial charge in [-0.05, 0) is 69.5 Å². The molecule has 2 atom stereocenters. The van der Waals surface area contributed by atoms with Crippen LogP contribution in [0.4, 0.5) is 11.6 Å². The third-order valence-electron chi connectivity index (χ3n) is 7.76. The first kappa shape index (κ1) is 27.5. The molecule has 8 nitrogen and oxygen atoms in total. The molecule has 0 radical (unpaired) electrons. The van der Waals surface area contributed by atoms with E-state index in [4.69, 9.17) is 9.72 Å². The molecule has 1 aliphatic carbocycles. The maximum atomic E-state index is 12.9. The van der Waals surface area contributed by atoms with Crippen molar-refractivity contribution in [3.8, 4) is 5.75 Å². The van der Waals surface area contributed by atoms with Gasteiger partial charge in [-0.15, -0.1) is 0 Å². The lowest BCUT2D eigenvalue weighted by Gasteiger charge is -2.23. The molecule has 208 valence electrons. The van der Waals surface area contributed by atoms with Gasteiger partial charge in [0.15, 0.2) is 0 Å². The Labute approximate surface area is 236 Å². The van der Waals surface area contributed by atoms with Gasteiger partial charge in [-0.1, -0.05) is 50.3 Å². The topological polar surface area (TPSA) is 101 Å². The standard InChI is InChI=1S/C32H38N6O2/c1-6-9-24(27-15-17-35-31(38-27)36-21-10-8-16-34-19-21)30(33-5)40-28-20(2)13-14-22-23(28)11-7-12-26(22)37-29(39)25-18-32(25,3)4/h6-7,9,11-15,17,21,25,34H,5,8,10,16,18-19H2,1-4H3,(H,37,39)(H,35,36,38)/b9-6-,30-24-/t21-,25+/m0/s1. The highest BCUT2D eigenvalue weighted by Crippen LogP contribution is 2.52. The van der Waals surface area contributed by atoms with E-state index in [2.05, 4.69) is 46.5 Å². The highest BCUT2D eigenvalue weighted by Gasteiger charge is 2.50. The maximum Gasteiger partial charge on any atom is 0.228 e. The van der Waals surface area contributed by atoms with E-state index in [0.29, 0.717) is 28.8 Å². The second-order valence-electron chi connectivity index (χ2n) is 11.3. The van der Waals surface area contributed by atoms with Crippen molar-refractivity contribution in [2.45, 2.75) is 53.0 Å². The number of amides is 1. The van der Waals surface area contributed by atoms with Crippen molar-refractivity contribution in [1.82, 2.24) is 15.3 Å². The van der Waals surface area contributed by atoms with Crippen molar-refractivity contribution in [2.24, 2.45) is 16.3 Å². The molecule has 2 heterocycles. The summed E-state index contributed by atoms with van der Waals surface area (Å²) in [6.45, 7) is 13.9. The predicted molar refractivity (Wildman–Crippen MR) is 163 cm³/mol. The van der Waals surface area contributed by atoms with Crippen LogP contribution in [0.15, 0.2) is 65.6 Å². The summed E-state index contributed by atoms with van der Waals surface area (Å²) in [5.41, 5.74) is 3.14. The molecule has 1 amide bonds. The van der Waals surface area contributed by atoms with E-state index in [1.54, 1.807) is 6.20 Å². The van der Waals surface area contributed by atoms with Crippen LogP contribution in [0.3, 0.4) is 0 Å². The smallest absolute Gasteiger partial charge is 0.228 e. The Morgan fingerprint density at radius 2 is 2.05 bits per heavy atom. The fourth-order valence-electron chi connectivity index (χ4n) is 5.26. The SMILES string of the molecule is C=N/C(Oc1c(C)ccc2c(NC(=O)[C@H]3CC3(C)C)cccc12)=C(\C=C/C)c1ccnc(N[C@H]2CCCNC2)n1. The van der Waals surface area contributed by atoms with Crippen LogP contribution >= 0.6 is 0 Å². The zero-order chi connectivity index (χ0) is 28.3. The van der Waals surface area contributed by atoms with E-state index in [9.17, 15) is 4.79 Å². The van der Waals surface area contributed by atoms with Gasteiger partial charge in [0.2, 0.25) is 17.7 Å². The number of aliphatic imine (C=N–C) groups is 1. The Kier molecular flexibility index (Phi) is 7.98. The second-order valence-corrected chi connectivity index (χ2v) is 11.3. The molecule has 1 aromatic heterocycles. The van der Waals surface area contributed by atoms with Crippen LogP contribution in [-0.4, -0.2) is 41.7 Å². The summed E-state index contributed by atoms with van der Waals surface area (Å²) in [6.07, 6.45) is 8.68. The van der Waals surface area contributed by atoms with E-state index in [0.717, 1.165) is 54.4 Å². The molecule has 0 bridgehead atoms. The van der Waals surface area contributed by atoms with E-state index < -0.39 is 0 Å². The molecule has 0 spiro atoms. The van der Waals surface area contributed by atoms with Crippen LogP contribution in [0.2, 0.25) is 0 Å². The zero-order valence-electron chi connectivity index (χ0n) is 23.8. The van der Waals surface area contributed by atoms with E-state index in [1.807, 2.05) is 62.4 Å². The van der Waals surface area contributed by atoms with Crippen molar-refractivity contribution in [1.29, 1.82) is 0 Å². The Morgan fingerprint density at radius 3 is 2.75 bits per heavy atom. The largest absolute Gasteiger partial charge is 0.437 e. The third-order valence-corrected chi connectivity index (χ3v) is 7.76. The number of ether oxygens (including phenoxy) is 1. The van der Waals surface area contributed by atoms with Gasteiger partial charge in [0.05, 0.1) is 11.3 Å². The number of rotatable bonds is 9. The van der Waals surface area contributed by atoms with E-state index in [1.165, 1.54) is 0 Å². The molecule has 1 aliphatic heterocycles. The Bertz CT molecular complexity index is 1490. The quantitative estimate of drug-likeness (QED) is 0.173. The normalized spacial score (nSPS) is 20.6. The number of anilines is 2. The molecule has 3 aromatic rings. The summed E-state index contributed by atoms with van der Waals surface area (Å²) in [6, 6.07) is 12.0. The zero-order valence-corrected chi connectivity index (χ0v) is 23.8. The van der Waals surface area contributed by atoms with Gasteiger partial charge in [-0.25, -0.2) is 15.0 Å². The second kappa shape index (κ2) is 11.6. The fraction of sp³-hybridized carbons (Fsp3) is 0.375. The summed E-state index contributed by atoms with van der Waals surface area (Å²) < 4.78 is 6.52. The number of hydrogen-bond donors (Lipinski definition) is 3. The number of carbonyl (C=O) groups is 1. The minimum atomic E-state index is 0.0356. The summed E-state index contributed by atoms with van der Waals surface area (Å²) in [5.74, 6) is 1.66. The summed E-state index contributed by atoms with van der Waals surface area (Å²) >= 11 is 0. The first-order valence-corrected chi connectivity index (χ1v) is 14.0. The number of nitrogens with one attached hydrogen (secondary N) is 3. The number of hydrogen-bond acceptors (Lipinski definition) is 7. The summed E-state index contributed by atoms with van der Waals surface area (Å²) in [7, 11) is 0. The lowest BCUT2D eigenvalue weighted by molar-refractivity contribution is -0.117. The molecule has 3 N–H and O–H groups in total. The number of fused-ring (bicyclic) bond motifs is 1. The van der Waals surface area contributed by atoms with Crippen molar-refractivity contribution in [3.05, 3.63) is 71.9 Å². The average Bonchev–Trinajstić information content (AvgIpc) is 3.60. The Morgan fingerprint density at radius 1 is 1.23 bits per heavy atom. The van der Waals surface area contributed by atoms with Gasteiger partial charge in [-0.3, -0.25) is 4.79 Å². The first-order valence-electron chi connectivity index (χ1n) is 14.0. The van der Waals surface area contributed by atoms with Crippen LogP contribution in [0.5, 0.6) is 5.75 Å². The minimum Gasteiger partial charge on any atom is -0.437 e. The van der Waals surface area contributed by atoms with Crippen LogP contribution in [0.25, 0.3) is 16.3 Å². The van der Waals surface area contributed by atoms with Gasteiger partial charge >= 0.3 is 0 Å². The number of nitrogens with zero attached hydrogens (tertiary/aromatic N) is 3. The van der Waals surface area contributed by atoms with Crippen molar-refractivity contribution in [3.63, 3.8) is 0 Å². The van der Waals surface area contributed by atoms with Crippen LogP contribution in [-0.2, 0) is 4.79 Å². The summed E-state index contributed by atoms with van der Waals surface area (Å²) in [4.78, 5) is 26.4. The lowest BCUT2D eigenvalue weighted by Crippen LogP contribution is -2.38. The lowest BCUT2D eigenvalue weighted by atomic mass is 10.0. The van der Waals surface area contributed by atoms with Crippen molar-refractivity contribution in [2.75, 3.05) is 23.7 Å². The van der Waals surface area contributed by atoms with Crippen LogP contribution < -0.4 is 20.7 Å². The molecule has 5 rings (SSSR count). The highest BCUT2D eigenvalue weighted by atomic mass is 16.5. The van der Waals surface area contributed by atoms with Gasteiger partial charge in [0, 0.05) is 41.2 Å². The summed E-state index contributed by atoms with van der Waals surface area (Å²) in [5, 5.41) is 11.8. The Hall–Kier alpha value is -4.04. The number of benzene rings is 2. The molecule has 2 aromatic carbocycles. The monoisotopic (exact) mass is 538 g/mol. The fourth-order valence-corrected chi connectivity index (χ4v) is 5.26. The molecule has 2 fully saturated rings. The molecule has 8 heteroatoms. The molecular formula is C32H38N6O2. The molecule has 0 unspecified atom stereocenters. The van der Waals surface area contributed by atoms with E-state index >= 15 is 0 Å². The predicted octanol–water partition coefficient (Wildman–Crippen LogP) is 6.11. The molecular weight excluding hydrogens is 500 g/mol. The number of carbonyl (C=O) groups excluding carboxylic acids is 1. The van der Waals surface area contributed by atoms with Crippen molar-refractivity contribution >= 4 is 40.6 Å². The maximum absolute atomic E-state index is 12.9. The number of piperidine rings is 1. The Balaban J connectivity index is 1.49. The van der Waals surface area contributed by atoms with Crippen LogP contribution in [0, 0.1) is 18.3 Å². The number of aromatic nitrogens is 2. The highest BCUT2D eigenvalue weighted by molar-refractivity contribution is 6.05. The number of allylic oxidation sites excluding steroid dienone is 3. The van der Waals surface area contributed by atoms with Gasteiger partial charge in [-0.2, -0.15) is 0 Å². The first-order chi connectivity index (χ1) is 19.3. The van der Waals surface area contributed by atoms with Gasteiger partial charge in [0.1, 0.15) is 5.75 Å².